The van der Waals surface area contributed by atoms with E-state index in [2.05, 4.69) is 0 Å². The van der Waals surface area contributed by atoms with Gasteiger partial charge in [-0.05, 0) is 25.8 Å². The van der Waals surface area contributed by atoms with Crippen molar-refractivity contribution in [3.63, 3.8) is 0 Å². The summed E-state index contributed by atoms with van der Waals surface area (Å²) in [5.41, 5.74) is 0.102. The van der Waals surface area contributed by atoms with Crippen LogP contribution in [-0.4, -0.2) is 43.0 Å². The molecule has 26 heavy (non-hydrogen) atoms. The Morgan fingerprint density at radius 3 is 2.62 bits per heavy atom. The molecular weight excluding hydrogens is 348 g/mol. The molecule has 0 aromatic heterocycles. The van der Waals surface area contributed by atoms with Crippen LogP contribution in [0.1, 0.15) is 37.8 Å². The van der Waals surface area contributed by atoms with Gasteiger partial charge in [0.1, 0.15) is 23.8 Å². The Labute approximate surface area is 150 Å². The molecule has 2 atom stereocenters. The zero-order chi connectivity index (χ0) is 19.3. The molecule has 8 heteroatoms. The number of carbonyl (C=O) groups excluding carboxylic acids is 3. The van der Waals surface area contributed by atoms with Gasteiger partial charge in [-0.15, -0.1) is 0 Å². The molecule has 0 saturated carbocycles. The van der Waals surface area contributed by atoms with Crippen LogP contribution in [0.2, 0.25) is 0 Å². The van der Waals surface area contributed by atoms with Crippen molar-refractivity contribution in [1.82, 2.24) is 4.90 Å². The Morgan fingerprint density at radius 2 is 2.00 bits per heavy atom. The number of ether oxygens (including phenoxy) is 2. The highest BCUT2D eigenvalue weighted by molar-refractivity contribution is 5.97. The van der Waals surface area contributed by atoms with E-state index in [9.17, 15) is 23.2 Å². The van der Waals surface area contributed by atoms with E-state index in [4.69, 9.17) is 9.47 Å². The van der Waals surface area contributed by atoms with E-state index < -0.39 is 35.7 Å². The molecule has 1 saturated heterocycles. The van der Waals surface area contributed by atoms with E-state index in [0.717, 1.165) is 12.1 Å². The van der Waals surface area contributed by atoms with Crippen molar-refractivity contribution in [2.75, 3.05) is 20.3 Å². The molecule has 0 unspecified atom stereocenters. The van der Waals surface area contributed by atoms with Gasteiger partial charge < -0.3 is 14.4 Å². The Morgan fingerprint density at radius 1 is 1.27 bits per heavy atom. The summed E-state index contributed by atoms with van der Waals surface area (Å²) in [4.78, 5) is 37.2. The zero-order valence-electron chi connectivity index (χ0n) is 14.7. The summed E-state index contributed by atoms with van der Waals surface area (Å²) in [6.45, 7) is 1.98. The highest BCUT2D eigenvalue weighted by Crippen LogP contribution is 2.36. The number of benzene rings is 1. The first-order chi connectivity index (χ1) is 12.4. The van der Waals surface area contributed by atoms with Gasteiger partial charge in [-0.25, -0.2) is 13.6 Å². The molecular formula is C18H21F2NO5. The molecule has 0 spiro atoms. The number of hydrogen-bond donors (Lipinski definition) is 0. The van der Waals surface area contributed by atoms with E-state index in [1.165, 1.54) is 18.1 Å². The molecule has 1 heterocycles. The summed E-state index contributed by atoms with van der Waals surface area (Å²) in [5.74, 6) is -3.00. The summed E-state index contributed by atoms with van der Waals surface area (Å²) >= 11 is 0. The fourth-order valence-corrected chi connectivity index (χ4v) is 3.16. The quantitative estimate of drug-likeness (QED) is 0.589. The average molecular weight is 369 g/mol. The molecule has 1 aromatic carbocycles. The van der Waals surface area contributed by atoms with Gasteiger partial charge in [0.05, 0.1) is 19.8 Å². The van der Waals surface area contributed by atoms with Gasteiger partial charge in [-0.2, -0.15) is 0 Å². The third-order valence-electron chi connectivity index (χ3n) is 4.41. The maximum absolute atomic E-state index is 14.2. The van der Waals surface area contributed by atoms with Crippen LogP contribution in [-0.2, 0) is 19.1 Å². The van der Waals surface area contributed by atoms with Crippen LogP contribution in [0.3, 0.4) is 0 Å². The number of amides is 1. The molecule has 1 aliphatic rings. The fraction of sp³-hybridized carbons (Fsp3) is 0.500. The summed E-state index contributed by atoms with van der Waals surface area (Å²) in [5, 5.41) is 0. The van der Waals surface area contributed by atoms with Crippen molar-refractivity contribution < 1.29 is 32.6 Å². The van der Waals surface area contributed by atoms with Gasteiger partial charge in [-0.1, -0.05) is 6.07 Å². The molecule has 0 radical (unpaired) electrons. The summed E-state index contributed by atoms with van der Waals surface area (Å²) in [7, 11) is 1.21. The lowest BCUT2D eigenvalue weighted by atomic mass is 9.83. The van der Waals surface area contributed by atoms with Gasteiger partial charge in [0.2, 0.25) is 0 Å². The molecule has 1 fully saturated rings. The monoisotopic (exact) mass is 369 g/mol. The predicted octanol–water partition coefficient (Wildman–Crippen LogP) is 3.01. The topological polar surface area (TPSA) is 72.9 Å². The maximum Gasteiger partial charge on any atom is 0.409 e. The molecule has 1 aromatic rings. The lowest BCUT2D eigenvalue weighted by molar-refractivity contribution is -0.146. The minimum Gasteiger partial charge on any atom is -0.466 e. The van der Waals surface area contributed by atoms with Crippen molar-refractivity contribution in [1.29, 1.82) is 0 Å². The Bertz CT molecular complexity index is 694. The summed E-state index contributed by atoms with van der Waals surface area (Å²) < 4.78 is 36.9. The first-order valence-electron chi connectivity index (χ1n) is 8.35. The molecule has 2 rings (SSSR count). The molecule has 6 nitrogen and oxygen atoms in total. The number of hydrogen-bond acceptors (Lipinski definition) is 5. The standard InChI is InChI=1S/C18H21F2NO5/c1-3-26-17(23)10-16(22)11-6-7-21(18(24)25-2)15(8-11)13-5-4-12(19)9-14(13)20/h4-5,9,11,15H,3,6-8,10H2,1-2H3/t11-,15+/m0/s1. The first-order valence-corrected chi connectivity index (χ1v) is 8.35. The maximum atomic E-state index is 14.2. The minimum absolute atomic E-state index is 0.102. The summed E-state index contributed by atoms with van der Waals surface area (Å²) in [6, 6.07) is 2.30. The number of carbonyl (C=O) groups is 3. The number of nitrogens with zero attached hydrogens (tertiary/aromatic N) is 1. The number of methoxy groups -OCH3 is 1. The second kappa shape index (κ2) is 8.73. The van der Waals surface area contributed by atoms with Gasteiger partial charge in [-0.3, -0.25) is 9.59 Å². The zero-order valence-corrected chi connectivity index (χ0v) is 14.7. The predicted molar refractivity (Wildman–Crippen MR) is 87.2 cm³/mol. The van der Waals surface area contributed by atoms with E-state index in [1.54, 1.807) is 6.92 Å². The second-order valence-electron chi connectivity index (χ2n) is 6.01. The largest absolute Gasteiger partial charge is 0.466 e. The van der Waals surface area contributed by atoms with Crippen LogP contribution < -0.4 is 0 Å². The Balaban J connectivity index is 2.23. The van der Waals surface area contributed by atoms with Crippen molar-refractivity contribution >= 4 is 17.8 Å². The number of halogens is 2. The average Bonchev–Trinajstić information content (AvgIpc) is 2.60. The lowest BCUT2D eigenvalue weighted by Crippen LogP contribution is -2.43. The normalized spacial score (nSPS) is 19.8. The Kier molecular flexibility index (Phi) is 6.65. The molecule has 1 amide bonds. The smallest absolute Gasteiger partial charge is 0.409 e. The van der Waals surface area contributed by atoms with Crippen LogP contribution >= 0.6 is 0 Å². The number of esters is 1. The number of rotatable bonds is 5. The van der Waals surface area contributed by atoms with E-state index in [0.29, 0.717) is 6.42 Å². The van der Waals surface area contributed by atoms with Crippen molar-refractivity contribution in [2.24, 2.45) is 5.92 Å². The van der Waals surface area contributed by atoms with Crippen molar-refractivity contribution in [3.05, 3.63) is 35.4 Å². The van der Waals surface area contributed by atoms with Crippen LogP contribution in [0.25, 0.3) is 0 Å². The van der Waals surface area contributed by atoms with E-state index in [-0.39, 0.29) is 37.3 Å². The van der Waals surface area contributed by atoms with Crippen LogP contribution in [0.5, 0.6) is 0 Å². The number of likely N-dealkylation sites (tertiary alicyclic amines) is 1. The lowest BCUT2D eigenvalue weighted by Gasteiger charge is -2.38. The fourth-order valence-electron chi connectivity index (χ4n) is 3.16. The molecule has 0 aliphatic carbocycles. The van der Waals surface area contributed by atoms with Crippen molar-refractivity contribution in [2.45, 2.75) is 32.2 Å². The van der Waals surface area contributed by atoms with Crippen LogP contribution in [0.15, 0.2) is 18.2 Å². The molecule has 142 valence electrons. The second-order valence-corrected chi connectivity index (χ2v) is 6.01. The van der Waals surface area contributed by atoms with Gasteiger partial charge in [0.25, 0.3) is 0 Å². The third kappa shape index (κ3) is 4.56. The highest BCUT2D eigenvalue weighted by atomic mass is 19.1. The third-order valence-corrected chi connectivity index (χ3v) is 4.41. The minimum atomic E-state index is -0.803. The van der Waals surface area contributed by atoms with Gasteiger partial charge in [0, 0.05) is 24.1 Å². The Hall–Kier alpha value is -2.51. The molecule has 0 bridgehead atoms. The van der Waals surface area contributed by atoms with Crippen LogP contribution in [0, 0.1) is 17.6 Å². The number of Topliss-reactive ketones (excluding diaryl/α,β-unsaturated/α-hetero) is 1. The number of ketones is 1. The van der Waals surface area contributed by atoms with Gasteiger partial charge in [0.15, 0.2) is 0 Å². The summed E-state index contributed by atoms with van der Waals surface area (Å²) in [6.07, 6.45) is -0.576. The highest BCUT2D eigenvalue weighted by Gasteiger charge is 2.37. The van der Waals surface area contributed by atoms with Crippen LogP contribution in [0.4, 0.5) is 13.6 Å². The van der Waals surface area contributed by atoms with Crippen molar-refractivity contribution in [3.8, 4) is 0 Å². The van der Waals surface area contributed by atoms with E-state index in [1.807, 2.05) is 0 Å². The van der Waals surface area contributed by atoms with Gasteiger partial charge >= 0.3 is 12.1 Å². The number of piperidine rings is 1. The first kappa shape index (κ1) is 19.8. The van der Waals surface area contributed by atoms with E-state index >= 15 is 0 Å². The SMILES string of the molecule is CCOC(=O)CC(=O)[C@H]1CCN(C(=O)OC)[C@@H](c2ccc(F)cc2F)C1. The molecule has 0 N–H and O–H groups in total. The molecule has 1 aliphatic heterocycles.